The van der Waals surface area contributed by atoms with Crippen molar-refractivity contribution in [3.63, 3.8) is 0 Å². The molecule has 1 aliphatic rings. The number of hydrogen-bond acceptors (Lipinski definition) is 2. The molecule has 2 N–H and O–H groups in total. The predicted molar refractivity (Wildman–Crippen MR) is 118 cm³/mol. The Bertz CT molecular complexity index is 589. The number of likely N-dealkylation sites (tertiary alicyclic amines) is 1. The quantitative estimate of drug-likeness (QED) is 0.269. The topological polar surface area (TPSA) is 56.7 Å². The summed E-state index contributed by atoms with van der Waals surface area (Å²) < 4.78 is 0.972. The second-order valence-electron chi connectivity index (χ2n) is 6.93. The van der Waals surface area contributed by atoms with Crippen LogP contribution in [-0.4, -0.2) is 50.0 Å². The number of benzene rings is 1. The van der Waals surface area contributed by atoms with E-state index in [0.717, 1.165) is 36.5 Å². The number of nitrogens with one attached hydrogen (secondary N) is 2. The van der Waals surface area contributed by atoms with Crippen LogP contribution in [0.2, 0.25) is 0 Å². The smallest absolute Gasteiger partial charge is 0.251 e. The molecule has 7 heteroatoms. The van der Waals surface area contributed by atoms with Gasteiger partial charge in [0.05, 0.1) is 0 Å². The third-order valence-corrected chi connectivity index (χ3v) is 4.75. The monoisotopic (exact) mass is 522 g/mol. The van der Waals surface area contributed by atoms with Crippen LogP contribution in [0.25, 0.3) is 0 Å². The highest BCUT2D eigenvalue weighted by Gasteiger charge is 2.30. The SMILES string of the molecule is CN=C(NCCCNC(=O)c1ccc(Br)cc1)N1CCC(C)(C)C1.I. The fraction of sp³-hybridized carbons (Fsp3) is 0.556. The van der Waals surface area contributed by atoms with Gasteiger partial charge in [0.15, 0.2) is 5.96 Å². The molecule has 0 bridgehead atoms. The maximum atomic E-state index is 12.0. The maximum Gasteiger partial charge on any atom is 0.251 e. The zero-order chi connectivity index (χ0) is 17.6. The van der Waals surface area contributed by atoms with E-state index in [1.165, 1.54) is 6.42 Å². The minimum Gasteiger partial charge on any atom is -0.356 e. The fourth-order valence-electron chi connectivity index (χ4n) is 2.82. The molecular formula is C18H28BrIN4O. The molecule has 1 aromatic carbocycles. The number of carbonyl (C=O) groups is 1. The maximum absolute atomic E-state index is 12.0. The molecule has 0 aliphatic carbocycles. The van der Waals surface area contributed by atoms with E-state index in [9.17, 15) is 4.79 Å². The second-order valence-corrected chi connectivity index (χ2v) is 7.84. The van der Waals surface area contributed by atoms with Crippen molar-refractivity contribution < 1.29 is 4.79 Å². The summed E-state index contributed by atoms with van der Waals surface area (Å²) >= 11 is 3.37. The molecule has 0 spiro atoms. The van der Waals surface area contributed by atoms with Crippen LogP contribution in [0.1, 0.15) is 37.0 Å². The molecule has 1 fully saturated rings. The lowest BCUT2D eigenvalue weighted by Crippen LogP contribution is -2.41. The number of rotatable bonds is 5. The first-order chi connectivity index (χ1) is 11.4. The van der Waals surface area contributed by atoms with E-state index in [1.54, 1.807) is 0 Å². The number of hydrogen-bond donors (Lipinski definition) is 2. The molecule has 0 radical (unpaired) electrons. The van der Waals surface area contributed by atoms with E-state index >= 15 is 0 Å². The van der Waals surface area contributed by atoms with Crippen LogP contribution in [0, 0.1) is 5.41 Å². The van der Waals surface area contributed by atoms with Crippen LogP contribution in [0.3, 0.4) is 0 Å². The van der Waals surface area contributed by atoms with Gasteiger partial charge in [-0.1, -0.05) is 29.8 Å². The third-order valence-electron chi connectivity index (χ3n) is 4.22. The minimum atomic E-state index is -0.0341. The third kappa shape index (κ3) is 7.13. The Morgan fingerprint density at radius 2 is 1.88 bits per heavy atom. The first kappa shape index (κ1) is 22.2. The van der Waals surface area contributed by atoms with Crippen molar-refractivity contribution in [2.45, 2.75) is 26.7 Å². The molecule has 1 amide bonds. The van der Waals surface area contributed by atoms with E-state index in [4.69, 9.17) is 0 Å². The first-order valence-corrected chi connectivity index (χ1v) is 9.20. The number of amides is 1. The highest BCUT2D eigenvalue weighted by atomic mass is 127. The van der Waals surface area contributed by atoms with Gasteiger partial charge < -0.3 is 15.5 Å². The van der Waals surface area contributed by atoms with Crippen LogP contribution in [0.4, 0.5) is 0 Å². The molecule has 25 heavy (non-hydrogen) atoms. The molecule has 2 rings (SSSR count). The zero-order valence-electron chi connectivity index (χ0n) is 15.1. The average Bonchev–Trinajstić information content (AvgIpc) is 2.91. The van der Waals surface area contributed by atoms with Crippen molar-refractivity contribution in [1.29, 1.82) is 0 Å². The fourth-order valence-corrected chi connectivity index (χ4v) is 3.08. The van der Waals surface area contributed by atoms with Crippen LogP contribution in [0.5, 0.6) is 0 Å². The van der Waals surface area contributed by atoms with Crippen molar-refractivity contribution in [2.24, 2.45) is 10.4 Å². The van der Waals surface area contributed by atoms with Gasteiger partial charge in [-0.15, -0.1) is 24.0 Å². The van der Waals surface area contributed by atoms with Gasteiger partial charge in [0.2, 0.25) is 0 Å². The normalized spacial score (nSPS) is 16.3. The lowest BCUT2D eigenvalue weighted by atomic mass is 9.93. The van der Waals surface area contributed by atoms with E-state index in [1.807, 2.05) is 31.3 Å². The van der Waals surface area contributed by atoms with Crippen LogP contribution >= 0.6 is 39.9 Å². The van der Waals surface area contributed by atoms with Crippen LogP contribution in [0.15, 0.2) is 33.7 Å². The first-order valence-electron chi connectivity index (χ1n) is 8.41. The number of halogens is 2. The molecule has 0 unspecified atom stereocenters. The molecule has 0 atom stereocenters. The molecule has 5 nitrogen and oxygen atoms in total. The molecule has 1 aliphatic heterocycles. The van der Waals surface area contributed by atoms with E-state index in [2.05, 4.69) is 50.3 Å². The summed E-state index contributed by atoms with van der Waals surface area (Å²) in [6, 6.07) is 7.37. The Morgan fingerprint density at radius 3 is 2.44 bits per heavy atom. The largest absolute Gasteiger partial charge is 0.356 e. The Morgan fingerprint density at radius 1 is 1.24 bits per heavy atom. The summed E-state index contributed by atoms with van der Waals surface area (Å²) in [5.41, 5.74) is 1.04. The summed E-state index contributed by atoms with van der Waals surface area (Å²) in [6.07, 6.45) is 2.05. The number of nitrogens with zero attached hydrogens (tertiary/aromatic N) is 2. The summed E-state index contributed by atoms with van der Waals surface area (Å²) in [4.78, 5) is 18.7. The van der Waals surface area contributed by atoms with Crippen molar-refractivity contribution in [1.82, 2.24) is 15.5 Å². The number of aliphatic imine (C=N–C) groups is 1. The highest BCUT2D eigenvalue weighted by Crippen LogP contribution is 2.28. The van der Waals surface area contributed by atoms with Crippen LogP contribution < -0.4 is 10.6 Å². The molecule has 1 heterocycles. The Labute approximate surface area is 176 Å². The van der Waals surface area contributed by atoms with Gasteiger partial charge in [-0.3, -0.25) is 9.79 Å². The molecule has 140 valence electrons. The standard InChI is InChI=1S/C18H27BrN4O.HI/c1-18(2)9-12-23(13-18)17(20-3)22-11-4-10-21-16(24)14-5-7-15(19)8-6-14;/h5-8H,4,9-13H2,1-3H3,(H,20,22)(H,21,24);1H. The Kier molecular flexibility index (Phi) is 9.20. The van der Waals surface area contributed by atoms with E-state index in [0.29, 0.717) is 17.5 Å². The van der Waals surface area contributed by atoms with Gasteiger partial charge in [0.25, 0.3) is 5.91 Å². The van der Waals surface area contributed by atoms with E-state index < -0.39 is 0 Å². The molecule has 0 saturated carbocycles. The van der Waals surface area contributed by atoms with Gasteiger partial charge in [0.1, 0.15) is 0 Å². The van der Waals surface area contributed by atoms with Gasteiger partial charge >= 0.3 is 0 Å². The second kappa shape index (κ2) is 10.4. The molecule has 1 aromatic rings. The van der Waals surface area contributed by atoms with E-state index in [-0.39, 0.29) is 29.9 Å². The van der Waals surface area contributed by atoms with Crippen molar-refractivity contribution in [3.05, 3.63) is 34.3 Å². The molecular weight excluding hydrogens is 495 g/mol. The van der Waals surface area contributed by atoms with Gasteiger partial charge in [-0.2, -0.15) is 0 Å². The van der Waals surface area contributed by atoms with Crippen molar-refractivity contribution >= 4 is 51.8 Å². The van der Waals surface area contributed by atoms with Gasteiger partial charge in [0, 0.05) is 43.3 Å². The molecule has 1 saturated heterocycles. The summed E-state index contributed by atoms with van der Waals surface area (Å²) in [5, 5.41) is 6.33. The Hall–Kier alpha value is -0.830. The number of carbonyl (C=O) groups excluding carboxylic acids is 1. The zero-order valence-corrected chi connectivity index (χ0v) is 19.1. The van der Waals surface area contributed by atoms with Crippen molar-refractivity contribution in [2.75, 3.05) is 33.2 Å². The lowest BCUT2D eigenvalue weighted by Gasteiger charge is -2.23. The van der Waals surface area contributed by atoms with Gasteiger partial charge in [-0.05, 0) is 42.5 Å². The van der Waals surface area contributed by atoms with Crippen LogP contribution in [-0.2, 0) is 0 Å². The number of guanidine groups is 1. The minimum absolute atomic E-state index is 0. The molecule has 0 aromatic heterocycles. The predicted octanol–water partition coefficient (Wildman–Crippen LogP) is 3.49. The lowest BCUT2D eigenvalue weighted by molar-refractivity contribution is 0.0953. The Balaban J connectivity index is 0.00000312. The summed E-state index contributed by atoms with van der Waals surface area (Å²) in [6.45, 7) is 8.10. The highest BCUT2D eigenvalue weighted by molar-refractivity contribution is 14.0. The summed E-state index contributed by atoms with van der Waals surface area (Å²) in [5.74, 6) is 0.924. The van der Waals surface area contributed by atoms with Crippen molar-refractivity contribution in [3.8, 4) is 0 Å². The average molecular weight is 523 g/mol. The van der Waals surface area contributed by atoms with Gasteiger partial charge in [-0.25, -0.2) is 0 Å². The summed E-state index contributed by atoms with van der Waals surface area (Å²) in [7, 11) is 1.82.